The molecule has 1 fully saturated rings. The SMILES string of the molecule is O=C(NCc1ccc(C(F)(F)F)cc1)[C@H]1CCCNC1. The Morgan fingerprint density at radius 2 is 2.00 bits per heavy atom. The van der Waals surface area contributed by atoms with Gasteiger partial charge in [0.1, 0.15) is 0 Å². The molecule has 1 saturated heterocycles. The van der Waals surface area contributed by atoms with Crippen LogP contribution in [-0.2, 0) is 17.5 Å². The van der Waals surface area contributed by atoms with Gasteiger partial charge in [-0.1, -0.05) is 12.1 Å². The van der Waals surface area contributed by atoms with E-state index in [1.165, 1.54) is 12.1 Å². The standard InChI is InChI=1S/C14H17F3N2O/c15-14(16,17)12-5-3-10(4-6-12)8-19-13(20)11-2-1-7-18-9-11/h3-6,11,18H,1-2,7-9H2,(H,19,20)/t11-/m0/s1. The summed E-state index contributed by atoms with van der Waals surface area (Å²) in [6, 6.07) is 4.84. The molecule has 6 heteroatoms. The van der Waals surface area contributed by atoms with Gasteiger partial charge in [0.15, 0.2) is 0 Å². The summed E-state index contributed by atoms with van der Waals surface area (Å²) < 4.78 is 37.2. The van der Waals surface area contributed by atoms with Crippen LogP contribution in [0.3, 0.4) is 0 Å². The molecule has 1 atom stereocenters. The Kier molecular flexibility index (Phi) is 4.65. The molecule has 0 aliphatic carbocycles. The molecule has 1 heterocycles. The van der Waals surface area contributed by atoms with E-state index in [-0.39, 0.29) is 18.4 Å². The number of benzene rings is 1. The number of alkyl halides is 3. The van der Waals surface area contributed by atoms with Gasteiger partial charge in [-0.15, -0.1) is 0 Å². The molecule has 110 valence electrons. The van der Waals surface area contributed by atoms with E-state index in [1.807, 2.05) is 0 Å². The Bertz CT molecular complexity index is 450. The van der Waals surface area contributed by atoms with Crippen molar-refractivity contribution in [2.45, 2.75) is 25.6 Å². The maximum absolute atomic E-state index is 12.4. The second-order valence-corrected chi connectivity index (χ2v) is 4.96. The van der Waals surface area contributed by atoms with Crippen LogP contribution < -0.4 is 10.6 Å². The van der Waals surface area contributed by atoms with Crippen molar-refractivity contribution in [2.75, 3.05) is 13.1 Å². The van der Waals surface area contributed by atoms with Crippen molar-refractivity contribution in [1.29, 1.82) is 0 Å². The summed E-state index contributed by atoms with van der Waals surface area (Å²) in [6.45, 7) is 1.86. The van der Waals surface area contributed by atoms with Crippen LogP contribution in [-0.4, -0.2) is 19.0 Å². The minimum Gasteiger partial charge on any atom is -0.352 e. The molecule has 20 heavy (non-hydrogen) atoms. The average Bonchev–Trinajstić information content (AvgIpc) is 2.45. The number of hydrogen-bond acceptors (Lipinski definition) is 2. The highest BCUT2D eigenvalue weighted by atomic mass is 19.4. The fraction of sp³-hybridized carbons (Fsp3) is 0.500. The van der Waals surface area contributed by atoms with Gasteiger partial charge in [0.25, 0.3) is 0 Å². The maximum Gasteiger partial charge on any atom is 0.416 e. The van der Waals surface area contributed by atoms with Crippen LogP contribution in [0.1, 0.15) is 24.0 Å². The summed E-state index contributed by atoms with van der Waals surface area (Å²) in [4.78, 5) is 11.9. The number of amides is 1. The first-order valence-corrected chi connectivity index (χ1v) is 6.61. The molecule has 0 aromatic heterocycles. The lowest BCUT2D eigenvalue weighted by Gasteiger charge is -2.21. The van der Waals surface area contributed by atoms with Gasteiger partial charge in [-0.25, -0.2) is 0 Å². The largest absolute Gasteiger partial charge is 0.416 e. The number of carbonyl (C=O) groups is 1. The van der Waals surface area contributed by atoms with Crippen molar-refractivity contribution in [3.05, 3.63) is 35.4 Å². The molecule has 0 saturated carbocycles. The van der Waals surface area contributed by atoms with Gasteiger partial charge < -0.3 is 10.6 Å². The first kappa shape index (κ1) is 14.8. The van der Waals surface area contributed by atoms with Crippen molar-refractivity contribution in [1.82, 2.24) is 10.6 Å². The zero-order chi connectivity index (χ0) is 14.6. The Balaban J connectivity index is 1.86. The van der Waals surface area contributed by atoms with Gasteiger partial charge in [-0.2, -0.15) is 13.2 Å². The predicted molar refractivity (Wildman–Crippen MR) is 68.9 cm³/mol. The zero-order valence-electron chi connectivity index (χ0n) is 11.0. The van der Waals surface area contributed by atoms with E-state index in [4.69, 9.17) is 0 Å². The topological polar surface area (TPSA) is 41.1 Å². The lowest BCUT2D eigenvalue weighted by atomic mass is 9.99. The molecule has 0 unspecified atom stereocenters. The molecule has 1 aromatic carbocycles. The quantitative estimate of drug-likeness (QED) is 0.895. The molecule has 1 aliphatic rings. The summed E-state index contributed by atoms with van der Waals surface area (Å²) in [5.74, 6) is -0.0877. The average molecular weight is 286 g/mol. The Morgan fingerprint density at radius 1 is 1.30 bits per heavy atom. The third-order valence-corrected chi connectivity index (χ3v) is 3.42. The van der Waals surface area contributed by atoms with Gasteiger partial charge in [-0.05, 0) is 37.1 Å². The van der Waals surface area contributed by atoms with E-state index in [9.17, 15) is 18.0 Å². The van der Waals surface area contributed by atoms with E-state index in [1.54, 1.807) is 0 Å². The molecular weight excluding hydrogens is 269 g/mol. The maximum atomic E-state index is 12.4. The zero-order valence-corrected chi connectivity index (χ0v) is 11.0. The van der Waals surface area contributed by atoms with E-state index in [2.05, 4.69) is 10.6 Å². The van der Waals surface area contributed by atoms with E-state index < -0.39 is 11.7 Å². The highest BCUT2D eigenvalue weighted by Crippen LogP contribution is 2.29. The van der Waals surface area contributed by atoms with Gasteiger partial charge in [0, 0.05) is 13.1 Å². The minimum atomic E-state index is -4.32. The number of nitrogens with one attached hydrogen (secondary N) is 2. The summed E-state index contributed by atoms with van der Waals surface area (Å²) in [5.41, 5.74) is -0.0147. The molecule has 2 N–H and O–H groups in total. The second kappa shape index (κ2) is 6.26. The smallest absolute Gasteiger partial charge is 0.352 e. The normalized spacial score (nSPS) is 19.6. The van der Waals surface area contributed by atoms with Crippen LogP contribution in [0.15, 0.2) is 24.3 Å². The van der Waals surface area contributed by atoms with E-state index in [0.29, 0.717) is 12.1 Å². The van der Waals surface area contributed by atoms with Crippen LogP contribution in [0.25, 0.3) is 0 Å². The summed E-state index contributed by atoms with van der Waals surface area (Å²) in [5, 5.41) is 5.92. The molecule has 2 rings (SSSR count). The highest BCUT2D eigenvalue weighted by Gasteiger charge is 2.29. The van der Waals surface area contributed by atoms with Crippen molar-refractivity contribution in [2.24, 2.45) is 5.92 Å². The number of carbonyl (C=O) groups excluding carboxylic acids is 1. The molecule has 3 nitrogen and oxygen atoms in total. The predicted octanol–water partition coefficient (Wildman–Crippen LogP) is 2.32. The molecule has 0 radical (unpaired) electrons. The van der Waals surface area contributed by atoms with Crippen molar-refractivity contribution in [3.8, 4) is 0 Å². The fourth-order valence-electron chi connectivity index (χ4n) is 2.22. The van der Waals surface area contributed by atoms with Crippen molar-refractivity contribution in [3.63, 3.8) is 0 Å². The van der Waals surface area contributed by atoms with Crippen LogP contribution in [0.2, 0.25) is 0 Å². The molecular formula is C14H17F3N2O. The number of halogens is 3. The van der Waals surface area contributed by atoms with Crippen LogP contribution in [0.4, 0.5) is 13.2 Å². The lowest BCUT2D eigenvalue weighted by molar-refractivity contribution is -0.137. The number of hydrogen-bond donors (Lipinski definition) is 2. The Hall–Kier alpha value is -1.56. The number of piperidine rings is 1. The Labute approximate surface area is 115 Å². The van der Waals surface area contributed by atoms with E-state index >= 15 is 0 Å². The summed E-state index contributed by atoms with van der Waals surface area (Å²) in [6.07, 6.45) is -2.50. The molecule has 1 amide bonds. The summed E-state index contributed by atoms with van der Waals surface area (Å²) in [7, 11) is 0. The van der Waals surface area contributed by atoms with Gasteiger partial charge in [-0.3, -0.25) is 4.79 Å². The highest BCUT2D eigenvalue weighted by molar-refractivity contribution is 5.78. The first-order valence-electron chi connectivity index (χ1n) is 6.61. The van der Waals surface area contributed by atoms with Crippen LogP contribution in [0.5, 0.6) is 0 Å². The second-order valence-electron chi connectivity index (χ2n) is 4.96. The van der Waals surface area contributed by atoms with Crippen molar-refractivity contribution < 1.29 is 18.0 Å². The van der Waals surface area contributed by atoms with Gasteiger partial charge >= 0.3 is 6.18 Å². The van der Waals surface area contributed by atoms with Crippen LogP contribution in [0, 0.1) is 5.92 Å². The molecule has 0 spiro atoms. The molecule has 1 aliphatic heterocycles. The molecule has 0 bridgehead atoms. The van der Waals surface area contributed by atoms with Crippen LogP contribution >= 0.6 is 0 Å². The Morgan fingerprint density at radius 3 is 2.55 bits per heavy atom. The van der Waals surface area contributed by atoms with E-state index in [0.717, 1.165) is 31.5 Å². The first-order chi connectivity index (χ1) is 9.47. The van der Waals surface area contributed by atoms with Crippen molar-refractivity contribution >= 4 is 5.91 Å². The molecule has 1 aromatic rings. The number of rotatable bonds is 3. The summed E-state index contributed by atoms with van der Waals surface area (Å²) >= 11 is 0. The third-order valence-electron chi connectivity index (χ3n) is 3.42. The lowest BCUT2D eigenvalue weighted by Crippen LogP contribution is -2.40. The third kappa shape index (κ3) is 3.96. The monoisotopic (exact) mass is 286 g/mol. The van der Waals surface area contributed by atoms with Gasteiger partial charge in [0.05, 0.1) is 11.5 Å². The fourth-order valence-corrected chi connectivity index (χ4v) is 2.22. The minimum absolute atomic E-state index is 0.0433. The van der Waals surface area contributed by atoms with Gasteiger partial charge in [0.2, 0.25) is 5.91 Å².